The van der Waals surface area contributed by atoms with Crippen LogP contribution >= 0.6 is 23.2 Å². The number of benzene rings is 2. The van der Waals surface area contributed by atoms with Crippen molar-refractivity contribution in [1.29, 1.82) is 0 Å². The van der Waals surface area contributed by atoms with E-state index < -0.39 is 5.41 Å². The van der Waals surface area contributed by atoms with Gasteiger partial charge in [-0.05, 0) is 73.1 Å². The molecule has 2 aromatic rings. The summed E-state index contributed by atoms with van der Waals surface area (Å²) in [5.41, 5.74) is 1.01. The summed E-state index contributed by atoms with van der Waals surface area (Å²) >= 11 is 12.7. The van der Waals surface area contributed by atoms with Crippen molar-refractivity contribution in [1.82, 2.24) is 4.90 Å². The van der Waals surface area contributed by atoms with E-state index in [-0.39, 0.29) is 5.91 Å². The molecule has 6 heteroatoms. The Balaban J connectivity index is 1.37. The molecule has 4 nitrogen and oxygen atoms in total. The third-order valence-electron chi connectivity index (χ3n) is 7.32. The van der Waals surface area contributed by atoms with Crippen molar-refractivity contribution in [3.63, 3.8) is 0 Å². The van der Waals surface area contributed by atoms with Crippen LogP contribution in [0, 0.1) is 11.8 Å². The zero-order valence-electron chi connectivity index (χ0n) is 20.3. The van der Waals surface area contributed by atoms with Gasteiger partial charge in [0.25, 0.3) is 0 Å². The van der Waals surface area contributed by atoms with E-state index in [9.17, 15) is 4.79 Å². The molecule has 2 aromatic carbocycles. The summed E-state index contributed by atoms with van der Waals surface area (Å²) in [4.78, 5) is 16.1. The molecule has 0 radical (unpaired) electrons. The van der Waals surface area contributed by atoms with E-state index in [1.165, 1.54) is 6.42 Å². The van der Waals surface area contributed by atoms with Crippen LogP contribution in [0.4, 0.5) is 5.69 Å². The number of rotatable bonds is 7. The summed E-state index contributed by atoms with van der Waals surface area (Å²) in [6.07, 6.45) is 6.04. The van der Waals surface area contributed by atoms with Gasteiger partial charge in [-0.1, -0.05) is 62.4 Å². The van der Waals surface area contributed by atoms with Crippen molar-refractivity contribution >= 4 is 34.8 Å². The number of halogens is 2. The molecular weight excluding hydrogens is 467 g/mol. The van der Waals surface area contributed by atoms with Gasteiger partial charge in [0.15, 0.2) is 0 Å². The molecule has 1 saturated carbocycles. The highest BCUT2D eigenvalue weighted by molar-refractivity contribution is 6.35. The number of carbonyl (C=O) groups excluding carboxylic acids is 1. The van der Waals surface area contributed by atoms with E-state index in [2.05, 4.69) is 24.1 Å². The number of nitrogens with zero attached hydrogens (tertiary/aromatic N) is 1. The smallest absolute Gasteiger partial charge is 0.235 e. The largest absolute Gasteiger partial charge is 0.492 e. The number of likely N-dealkylation sites (tertiary alicyclic amines) is 1. The van der Waals surface area contributed by atoms with Gasteiger partial charge in [-0.25, -0.2) is 0 Å². The highest BCUT2D eigenvalue weighted by Gasteiger charge is 2.42. The number of piperidine rings is 1. The minimum absolute atomic E-state index is 0.00145. The van der Waals surface area contributed by atoms with Gasteiger partial charge in [-0.3, -0.25) is 9.69 Å². The molecule has 4 rings (SSSR count). The first-order valence-electron chi connectivity index (χ1n) is 12.6. The number of hydrogen-bond donors (Lipinski definition) is 1. The maximum atomic E-state index is 13.6. The molecule has 1 saturated heterocycles. The second kappa shape index (κ2) is 11.3. The van der Waals surface area contributed by atoms with E-state index in [1.807, 2.05) is 36.4 Å². The van der Waals surface area contributed by atoms with E-state index in [1.54, 1.807) is 6.07 Å². The molecule has 1 N–H and O–H groups in total. The number of carbonyl (C=O) groups is 1. The lowest BCUT2D eigenvalue weighted by Gasteiger charge is -2.37. The SMILES string of the molecule is C[C@@H]1C[C@H](C)CN(CCOc2ccc(NC(=O)C3(c4ccc(Cl)cc4Cl)CCCCC3)cc2)C1. The molecule has 0 bridgehead atoms. The standard InChI is InChI=1S/C28H36Cl2N2O2/c1-20-16-21(2)19-32(18-20)14-15-34-24-9-7-23(8-10-24)31-27(33)28(12-4-3-5-13-28)25-11-6-22(29)17-26(25)30/h6-11,17,20-21H,3-5,12-16,18-19H2,1-2H3,(H,31,33)/t20-,21+. The molecule has 184 valence electrons. The van der Waals surface area contributed by atoms with Crippen molar-refractivity contribution < 1.29 is 9.53 Å². The van der Waals surface area contributed by atoms with Crippen LogP contribution in [-0.4, -0.2) is 37.0 Å². The fourth-order valence-electron chi connectivity index (χ4n) is 5.80. The molecule has 2 atom stereocenters. The average molecular weight is 504 g/mol. The van der Waals surface area contributed by atoms with Gasteiger partial charge in [0, 0.05) is 35.4 Å². The predicted octanol–water partition coefficient (Wildman–Crippen LogP) is 7.19. The molecule has 2 aliphatic rings. The van der Waals surface area contributed by atoms with Crippen LogP contribution in [0.3, 0.4) is 0 Å². The van der Waals surface area contributed by atoms with Gasteiger partial charge < -0.3 is 10.1 Å². The maximum Gasteiger partial charge on any atom is 0.235 e. The minimum Gasteiger partial charge on any atom is -0.492 e. The summed E-state index contributed by atoms with van der Waals surface area (Å²) in [5, 5.41) is 4.29. The van der Waals surface area contributed by atoms with Crippen LogP contribution in [0.25, 0.3) is 0 Å². The van der Waals surface area contributed by atoms with Gasteiger partial charge >= 0.3 is 0 Å². The van der Waals surface area contributed by atoms with E-state index in [0.29, 0.717) is 16.7 Å². The van der Waals surface area contributed by atoms with E-state index in [0.717, 1.165) is 80.6 Å². The van der Waals surface area contributed by atoms with E-state index >= 15 is 0 Å². The first-order valence-corrected chi connectivity index (χ1v) is 13.3. The van der Waals surface area contributed by atoms with Crippen molar-refractivity contribution in [3.8, 4) is 5.75 Å². The first kappa shape index (κ1) is 25.3. The van der Waals surface area contributed by atoms with Crippen LogP contribution < -0.4 is 10.1 Å². The van der Waals surface area contributed by atoms with E-state index in [4.69, 9.17) is 27.9 Å². The fourth-order valence-corrected chi connectivity index (χ4v) is 6.39. The Bertz CT molecular complexity index is 963. The summed E-state index contributed by atoms with van der Waals surface area (Å²) in [5.74, 6) is 2.33. The third-order valence-corrected chi connectivity index (χ3v) is 7.87. The normalized spacial score (nSPS) is 22.8. The Morgan fingerprint density at radius 2 is 1.71 bits per heavy atom. The number of ether oxygens (including phenoxy) is 1. The summed E-state index contributed by atoms with van der Waals surface area (Å²) in [6.45, 7) is 8.57. The van der Waals surface area contributed by atoms with Gasteiger partial charge in [-0.2, -0.15) is 0 Å². The number of hydrogen-bond acceptors (Lipinski definition) is 3. The highest BCUT2D eigenvalue weighted by Crippen LogP contribution is 2.44. The molecule has 1 heterocycles. The molecule has 1 aliphatic heterocycles. The Labute approximate surface area is 214 Å². The predicted molar refractivity (Wildman–Crippen MR) is 141 cm³/mol. The molecule has 1 aliphatic carbocycles. The Morgan fingerprint density at radius 1 is 1.03 bits per heavy atom. The monoisotopic (exact) mass is 502 g/mol. The zero-order valence-corrected chi connectivity index (χ0v) is 21.8. The van der Waals surface area contributed by atoms with Gasteiger partial charge in [0.1, 0.15) is 12.4 Å². The summed E-state index contributed by atoms with van der Waals surface area (Å²) in [6, 6.07) is 13.2. The van der Waals surface area contributed by atoms with Gasteiger partial charge in [0.05, 0.1) is 5.41 Å². The Kier molecular flexibility index (Phi) is 8.44. The van der Waals surface area contributed by atoms with Crippen LogP contribution in [0.1, 0.15) is 57.9 Å². The third kappa shape index (κ3) is 6.08. The second-order valence-corrected chi connectivity index (χ2v) is 11.1. The van der Waals surface area contributed by atoms with Crippen LogP contribution in [0.2, 0.25) is 10.0 Å². The molecule has 1 amide bonds. The quantitative estimate of drug-likeness (QED) is 0.435. The lowest BCUT2D eigenvalue weighted by molar-refractivity contribution is -0.122. The van der Waals surface area contributed by atoms with Gasteiger partial charge in [0.2, 0.25) is 5.91 Å². The molecule has 0 spiro atoms. The number of nitrogens with one attached hydrogen (secondary N) is 1. The number of anilines is 1. The summed E-state index contributed by atoms with van der Waals surface area (Å²) < 4.78 is 5.99. The van der Waals surface area contributed by atoms with Crippen molar-refractivity contribution in [2.24, 2.45) is 11.8 Å². The van der Waals surface area contributed by atoms with Crippen LogP contribution in [-0.2, 0) is 10.2 Å². The van der Waals surface area contributed by atoms with Crippen molar-refractivity contribution in [3.05, 3.63) is 58.1 Å². The number of amides is 1. The minimum atomic E-state index is -0.627. The molecule has 34 heavy (non-hydrogen) atoms. The van der Waals surface area contributed by atoms with Crippen LogP contribution in [0.5, 0.6) is 5.75 Å². The lowest BCUT2D eigenvalue weighted by atomic mass is 9.68. The van der Waals surface area contributed by atoms with Crippen molar-refractivity contribution in [2.45, 2.75) is 57.8 Å². The maximum absolute atomic E-state index is 13.6. The van der Waals surface area contributed by atoms with Crippen molar-refractivity contribution in [2.75, 3.05) is 31.6 Å². The topological polar surface area (TPSA) is 41.6 Å². The first-order chi connectivity index (χ1) is 16.4. The second-order valence-electron chi connectivity index (χ2n) is 10.3. The lowest BCUT2D eigenvalue weighted by Crippen LogP contribution is -2.42. The fraction of sp³-hybridized carbons (Fsp3) is 0.536. The van der Waals surface area contributed by atoms with Crippen LogP contribution in [0.15, 0.2) is 42.5 Å². The summed E-state index contributed by atoms with van der Waals surface area (Å²) in [7, 11) is 0. The Morgan fingerprint density at radius 3 is 2.35 bits per heavy atom. The van der Waals surface area contributed by atoms with Gasteiger partial charge in [-0.15, -0.1) is 0 Å². The molecule has 0 aromatic heterocycles. The average Bonchev–Trinajstić information content (AvgIpc) is 2.80. The highest BCUT2D eigenvalue weighted by atomic mass is 35.5. The zero-order chi connectivity index (χ0) is 24.1. The Hall–Kier alpha value is -1.75. The molecular formula is C28H36Cl2N2O2. The molecule has 0 unspecified atom stereocenters. The molecule has 2 fully saturated rings.